The summed E-state index contributed by atoms with van der Waals surface area (Å²) in [6, 6.07) is 17.8. The van der Waals surface area contributed by atoms with E-state index in [0.717, 1.165) is 5.56 Å². The summed E-state index contributed by atoms with van der Waals surface area (Å²) in [6.07, 6.45) is 1.78. The Balaban J connectivity index is 1.53. The van der Waals surface area contributed by atoms with Crippen molar-refractivity contribution in [3.05, 3.63) is 94.8 Å². The lowest BCUT2D eigenvalue weighted by molar-refractivity contribution is -0.0585. The lowest BCUT2D eigenvalue weighted by atomic mass is 10.1. The van der Waals surface area contributed by atoms with Crippen LogP contribution in [0.25, 0.3) is 0 Å². The van der Waals surface area contributed by atoms with E-state index in [1.165, 1.54) is 12.1 Å². The molecule has 2 heterocycles. The average Bonchev–Trinajstić information content (AvgIpc) is 3.16. The van der Waals surface area contributed by atoms with Gasteiger partial charge in [0.05, 0.1) is 16.7 Å². The lowest BCUT2D eigenvalue weighted by Gasteiger charge is -2.13. The molecule has 3 aromatic rings. The summed E-state index contributed by atoms with van der Waals surface area (Å²) in [5.74, 6) is -2.01. The summed E-state index contributed by atoms with van der Waals surface area (Å²) >= 11 is 0. The summed E-state index contributed by atoms with van der Waals surface area (Å²) < 4.78 is 1.91. The summed E-state index contributed by atoms with van der Waals surface area (Å²) in [7, 11) is 0. The van der Waals surface area contributed by atoms with Gasteiger partial charge in [-0.2, -0.15) is 0 Å². The maximum atomic E-state index is 12.5. The highest BCUT2D eigenvalue weighted by Gasteiger charge is 2.39. The van der Waals surface area contributed by atoms with Gasteiger partial charge in [0.25, 0.3) is 11.8 Å². The van der Waals surface area contributed by atoms with Crippen molar-refractivity contribution < 1.29 is 19.2 Å². The van der Waals surface area contributed by atoms with Gasteiger partial charge in [-0.3, -0.25) is 9.59 Å². The van der Waals surface area contributed by atoms with Gasteiger partial charge < -0.3 is 9.40 Å². The fourth-order valence-electron chi connectivity index (χ4n) is 3.10. The highest BCUT2D eigenvalue weighted by molar-refractivity contribution is 6.21. The molecule has 0 saturated carbocycles. The summed E-state index contributed by atoms with van der Waals surface area (Å²) in [4.78, 5) is 42.3. The van der Waals surface area contributed by atoms with Gasteiger partial charge in [-0.1, -0.05) is 47.5 Å². The van der Waals surface area contributed by atoms with E-state index in [1.807, 2.05) is 34.9 Å². The number of rotatable bonds is 4. The molecule has 6 heteroatoms. The second kappa shape index (κ2) is 6.57. The van der Waals surface area contributed by atoms with Crippen LogP contribution in [0.1, 0.15) is 42.3 Å². The molecule has 27 heavy (non-hydrogen) atoms. The Morgan fingerprint density at radius 2 is 1.48 bits per heavy atom. The number of carbonyl (C=O) groups is 3. The monoisotopic (exact) mass is 360 g/mol. The second-order valence-corrected chi connectivity index (χ2v) is 6.26. The summed E-state index contributed by atoms with van der Waals surface area (Å²) in [5, 5.41) is 0.529. The number of benzene rings is 2. The molecule has 4 rings (SSSR count). The van der Waals surface area contributed by atoms with Crippen LogP contribution in [0.4, 0.5) is 0 Å². The molecule has 0 bridgehead atoms. The van der Waals surface area contributed by atoms with E-state index in [4.69, 9.17) is 4.84 Å². The van der Waals surface area contributed by atoms with Crippen molar-refractivity contribution in [2.75, 3.05) is 0 Å². The van der Waals surface area contributed by atoms with Gasteiger partial charge >= 0.3 is 5.97 Å². The number of hydrogen-bond donors (Lipinski definition) is 0. The second-order valence-electron chi connectivity index (χ2n) is 6.26. The molecule has 1 aliphatic rings. The standard InChI is InChI=1S/C21H16N2O4/c1-14-16(11-12-22(14)13-15-7-3-2-4-8-15)21(26)27-23-19(24)17-9-5-6-10-18(17)20(23)25/h2-12H,13H2,1H3. The Morgan fingerprint density at radius 3 is 2.11 bits per heavy atom. The topological polar surface area (TPSA) is 68.6 Å². The van der Waals surface area contributed by atoms with Crippen LogP contribution < -0.4 is 0 Å². The van der Waals surface area contributed by atoms with Crippen LogP contribution in [0.15, 0.2) is 66.9 Å². The number of imide groups is 1. The van der Waals surface area contributed by atoms with Crippen molar-refractivity contribution >= 4 is 17.8 Å². The molecule has 0 N–H and O–H groups in total. The smallest absolute Gasteiger partial charge is 0.346 e. The fourth-order valence-corrected chi connectivity index (χ4v) is 3.10. The predicted octanol–water partition coefficient (Wildman–Crippen LogP) is 3.21. The first kappa shape index (κ1) is 16.8. The van der Waals surface area contributed by atoms with Crippen molar-refractivity contribution in [3.63, 3.8) is 0 Å². The van der Waals surface area contributed by atoms with Crippen LogP contribution in [0.2, 0.25) is 0 Å². The molecule has 0 saturated heterocycles. The molecule has 6 nitrogen and oxygen atoms in total. The number of aromatic nitrogens is 1. The van der Waals surface area contributed by atoms with E-state index in [-0.39, 0.29) is 11.1 Å². The molecule has 0 atom stereocenters. The molecule has 0 spiro atoms. The molecule has 134 valence electrons. The van der Waals surface area contributed by atoms with Gasteiger partial charge in [0, 0.05) is 18.4 Å². The zero-order valence-electron chi connectivity index (χ0n) is 14.6. The molecule has 2 amide bonds. The average molecular weight is 360 g/mol. The van der Waals surface area contributed by atoms with E-state index < -0.39 is 17.8 Å². The van der Waals surface area contributed by atoms with E-state index in [9.17, 15) is 14.4 Å². The Labute approximate surface area is 155 Å². The number of nitrogens with zero attached hydrogens (tertiary/aromatic N) is 2. The molecule has 0 unspecified atom stereocenters. The molecule has 0 aliphatic carbocycles. The van der Waals surface area contributed by atoms with E-state index in [2.05, 4.69) is 0 Å². The summed E-state index contributed by atoms with van der Waals surface area (Å²) in [5.41, 5.74) is 2.56. The fraction of sp³-hybridized carbons (Fsp3) is 0.0952. The normalized spacial score (nSPS) is 13.0. The zero-order valence-corrected chi connectivity index (χ0v) is 14.6. The number of hydroxylamine groups is 2. The predicted molar refractivity (Wildman–Crippen MR) is 97.1 cm³/mol. The minimum Gasteiger partial charge on any atom is -0.346 e. The Kier molecular flexibility index (Phi) is 4.08. The SMILES string of the molecule is Cc1c(C(=O)ON2C(=O)c3ccccc3C2=O)ccn1Cc1ccccc1. The molecular formula is C21H16N2O4. The summed E-state index contributed by atoms with van der Waals surface area (Å²) in [6.45, 7) is 2.40. The lowest BCUT2D eigenvalue weighted by Crippen LogP contribution is -2.32. The molecule has 0 radical (unpaired) electrons. The van der Waals surface area contributed by atoms with Crippen LogP contribution in [-0.4, -0.2) is 27.4 Å². The van der Waals surface area contributed by atoms with Crippen molar-refractivity contribution in [1.29, 1.82) is 0 Å². The minimum absolute atomic E-state index is 0.230. The maximum Gasteiger partial charge on any atom is 0.365 e. The van der Waals surface area contributed by atoms with Crippen LogP contribution in [-0.2, 0) is 11.4 Å². The Hall–Kier alpha value is -3.67. The molecule has 0 fully saturated rings. The third kappa shape index (κ3) is 2.91. The minimum atomic E-state index is -0.742. The highest BCUT2D eigenvalue weighted by Crippen LogP contribution is 2.24. The van der Waals surface area contributed by atoms with Crippen LogP contribution in [0.5, 0.6) is 0 Å². The number of carbonyl (C=O) groups excluding carboxylic acids is 3. The molecule has 2 aromatic carbocycles. The first-order valence-electron chi connectivity index (χ1n) is 8.46. The van der Waals surface area contributed by atoms with Gasteiger partial charge in [0.1, 0.15) is 0 Å². The third-order valence-corrected chi connectivity index (χ3v) is 4.59. The number of hydrogen-bond acceptors (Lipinski definition) is 4. The van der Waals surface area contributed by atoms with Gasteiger partial charge in [0.15, 0.2) is 0 Å². The van der Waals surface area contributed by atoms with Crippen molar-refractivity contribution in [2.45, 2.75) is 13.5 Å². The molecule has 1 aliphatic heterocycles. The van der Waals surface area contributed by atoms with Gasteiger partial charge in [-0.25, -0.2) is 4.79 Å². The van der Waals surface area contributed by atoms with E-state index >= 15 is 0 Å². The first-order valence-corrected chi connectivity index (χ1v) is 8.46. The molecular weight excluding hydrogens is 344 g/mol. The van der Waals surface area contributed by atoms with Gasteiger partial charge in [-0.05, 0) is 30.7 Å². The Bertz CT molecular complexity index is 1020. The van der Waals surface area contributed by atoms with Crippen molar-refractivity contribution in [2.24, 2.45) is 0 Å². The van der Waals surface area contributed by atoms with E-state index in [0.29, 0.717) is 22.9 Å². The highest BCUT2D eigenvalue weighted by atomic mass is 16.7. The largest absolute Gasteiger partial charge is 0.365 e. The van der Waals surface area contributed by atoms with Crippen molar-refractivity contribution in [3.8, 4) is 0 Å². The number of amides is 2. The van der Waals surface area contributed by atoms with Gasteiger partial charge in [-0.15, -0.1) is 0 Å². The maximum absolute atomic E-state index is 12.5. The van der Waals surface area contributed by atoms with Crippen molar-refractivity contribution in [1.82, 2.24) is 9.63 Å². The van der Waals surface area contributed by atoms with Crippen LogP contribution in [0, 0.1) is 6.92 Å². The zero-order chi connectivity index (χ0) is 19.0. The van der Waals surface area contributed by atoms with Gasteiger partial charge in [0.2, 0.25) is 0 Å². The molecule has 1 aromatic heterocycles. The number of fused-ring (bicyclic) bond motifs is 1. The van der Waals surface area contributed by atoms with Crippen LogP contribution in [0.3, 0.4) is 0 Å². The third-order valence-electron chi connectivity index (χ3n) is 4.59. The quantitative estimate of drug-likeness (QED) is 0.670. The Morgan fingerprint density at radius 1 is 0.889 bits per heavy atom. The van der Waals surface area contributed by atoms with Crippen LogP contribution >= 0.6 is 0 Å². The first-order chi connectivity index (χ1) is 13.1. The van der Waals surface area contributed by atoms with E-state index in [1.54, 1.807) is 31.3 Å².